The molecule has 1 aliphatic rings. The number of rotatable bonds is 4. The number of nitrogens with zero attached hydrogens (tertiary/aromatic N) is 2. The fourth-order valence-electron chi connectivity index (χ4n) is 2.19. The summed E-state index contributed by atoms with van der Waals surface area (Å²) in [6, 6.07) is 0. The standard InChI is InChI=1S/C14H22N2O2S/c1-4-18-12(17)9-11-10-19-13(15-11)16-7-5-14(2,3)6-8-16/h10H,4-9H2,1-3H3. The molecule has 0 atom stereocenters. The summed E-state index contributed by atoms with van der Waals surface area (Å²) >= 11 is 1.62. The lowest BCUT2D eigenvalue weighted by molar-refractivity contribution is -0.142. The molecule has 0 spiro atoms. The zero-order chi connectivity index (χ0) is 13.9. The zero-order valence-corrected chi connectivity index (χ0v) is 12.8. The van der Waals surface area contributed by atoms with E-state index in [4.69, 9.17) is 4.74 Å². The Bertz CT molecular complexity index is 432. The monoisotopic (exact) mass is 282 g/mol. The minimum Gasteiger partial charge on any atom is -0.466 e. The number of carbonyl (C=O) groups is 1. The number of thiazole rings is 1. The van der Waals surface area contributed by atoms with Crippen LogP contribution in [0.25, 0.3) is 0 Å². The summed E-state index contributed by atoms with van der Waals surface area (Å²) in [4.78, 5) is 18.3. The second kappa shape index (κ2) is 5.90. The molecule has 0 N–H and O–H groups in total. The van der Waals surface area contributed by atoms with Crippen molar-refractivity contribution in [3.05, 3.63) is 11.1 Å². The van der Waals surface area contributed by atoms with E-state index in [9.17, 15) is 4.79 Å². The van der Waals surface area contributed by atoms with E-state index in [2.05, 4.69) is 23.7 Å². The predicted octanol–water partition coefficient (Wildman–Crippen LogP) is 2.88. The van der Waals surface area contributed by atoms with Crippen LogP contribution in [0.2, 0.25) is 0 Å². The van der Waals surface area contributed by atoms with Gasteiger partial charge in [-0.2, -0.15) is 0 Å². The first-order valence-corrected chi connectivity index (χ1v) is 7.73. The van der Waals surface area contributed by atoms with E-state index in [0.717, 1.165) is 23.9 Å². The Labute approximate surface area is 118 Å². The van der Waals surface area contributed by atoms with Crippen LogP contribution in [0, 0.1) is 5.41 Å². The van der Waals surface area contributed by atoms with Gasteiger partial charge in [-0.3, -0.25) is 4.79 Å². The molecule has 1 fully saturated rings. The van der Waals surface area contributed by atoms with Gasteiger partial charge in [0.25, 0.3) is 0 Å². The zero-order valence-electron chi connectivity index (χ0n) is 11.9. The van der Waals surface area contributed by atoms with Crippen molar-refractivity contribution in [1.29, 1.82) is 0 Å². The number of hydrogen-bond acceptors (Lipinski definition) is 5. The predicted molar refractivity (Wildman–Crippen MR) is 77.7 cm³/mol. The Morgan fingerprint density at radius 2 is 2.16 bits per heavy atom. The molecule has 1 aliphatic heterocycles. The molecular weight excluding hydrogens is 260 g/mol. The third-order valence-corrected chi connectivity index (χ3v) is 4.51. The van der Waals surface area contributed by atoms with Crippen molar-refractivity contribution in [2.75, 3.05) is 24.6 Å². The quantitative estimate of drug-likeness (QED) is 0.796. The van der Waals surface area contributed by atoms with Gasteiger partial charge in [-0.15, -0.1) is 11.3 Å². The van der Waals surface area contributed by atoms with E-state index in [-0.39, 0.29) is 12.4 Å². The van der Waals surface area contributed by atoms with Crippen LogP contribution >= 0.6 is 11.3 Å². The van der Waals surface area contributed by atoms with E-state index < -0.39 is 0 Å². The Kier molecular flexibility index (Phi) is 4.45. The first kappa shape index (κ1) is 14.3. The van der Waals surface area contributed by atoms with E-state index >= 15 is 0 Å². The van der Waals surface area contributed by atoms with Crippen molar-refractivity contribution in [3.63, 3.8) is 0 Å². The number of hydrogen-bond donors (Lipinski definition) is 0. The summed E-state index contributed by atoms with van der Waals surface area (Å²) in [5, 5.41) is 3.00. The molecule has 0 bridgehead atoms. The average Bonchev–Trinajstić information content (AvgIpc) is 2.77. The van der Waals surface area contributed by atoms with Gasteiger partial charge in [0.2, 0.25) is 0 Å². The van der Waals surface area contributed by atoms with Crippen molar-refractivity contribution >= 4 is 22.4 Å². The third-order valence-electron chi connectivity index (χ3n) is 3.56. The Morgan fingerprint density at radius 3 is 2.79 bits per heavy atom. The molecule has 1 saturated heterocycles. The van der Waals surface area contributed by atoms with Crippen molar-refractivity contribution in [1.82, 2.24) is 4.98 Å². The molecular formula is C14H22N2O2S. The van der Waals surface area contributed by atoms with E-state index in [1.54, 1.807) is 11.3 Å². The van der Waals surface area contributed by atoms with E-state index in [1.165, 1.54) is 12.8 Å². The average molecular weight is 282 g/mol. The molecule has 0 saturated carbocycles. The number of anilines is 1. The molecule has 0 aliphatic carbocycles. The largest absolute Gasteiger partial charge is 0.466 e. The molecule has 2 rings (SSSR count). The van der Waals surface area contributed by atoms with Gasteiger partial charge >= 0.3 is 5.97 Å². The molecule has 106 valence electrons. The Balaban J connectivity index is 1.92. The first-order chi connectivity index (χ1) is 9.00. The topological polar surface area (TPSA) is 42.4 Å². The van der Waals surface area contributed by atoms with Crippen LogP contribution in [0.4, 0.5) is 5.13 Å². The number of aromatic nitrogens is 1. The van der Waals surface area contributed by atoms with Gasteiger partial charge in [-0.25, -0.2) is 4.98 Å². The SMILES string of the molecule is CCOC(=O)Cc1csc(N2CCC(C)(C)CC2)n1. The van der Waals surface area contributed by atoms with Crippen LogP contribution in [0.1, 0.15) is 39.3 Å². The summed E-state index contributed by atoms with van der Waals surface area (Å²) < 4.78 is 4.94. The summed E-state index contributed by atoms with van der Waals surface area (Å²) in [6.07, 6.45) is 2.67. The molecule has 5 heteroatoms. The van der Waals surface area contributed by atoms with Crippen LogP contribution in [0.5, 0.6) is 0 Å². The van der Waals surface area contributed by atoms with E-state index in [1.807, 2.05) is 12.3 Å². The molecule has 4 nitrogen and oxygen atoms in total. The highest BCUT2D eigenvalue weighted by atomic mass is 32.1. The Hall–Kier alpha value is -1.10. The second-order valence-electron chi connectivity index (χ2n) is 5.75. The lowest BCUT2D eigenvalue weighted by atomic mass is 9.83. The lowest BCUT2D eigenvalue weighted by Gasteiger charge is -2.36. The summed E-state index contributed by atoms with van der Waals surface area (Å²) in [5.41, 5.74) is 1.27. The summed E-state index contributed by atoms with van der Waals surface area (Å²) in [6.45, 7) is 8.99. The van der Waals surface area contributed by atoms with Crippen molar-refractivity contribution in [2.24, 2.45) is 5.41 Å². The molecule has 19 heavy (non-hydrogen) atoms. The second-order valence-corrected chi connectivity index (χ2v) is 6.59. The number of carbonyl (C=O) groups excluding carboxylic acids is 1. The fraction of sp³-hybridized carbons (Fsp3) is 0.714. The molecule has 1 aromatic rings. The van der Waals surface area contributed by atoms with Gasteiger partial charge in [0.1, 0.15) is 0 Å². The van der Waals surface area contributed by atoms with Crippen LogP contribution in [-0.4, -0.2) is 30.6 Å². The molecule has 0 radical (unpaired) electrons. The van der Waals surface area contributed by atoms with Gasteiger partial charge in [0.15, 0.2) is 5.13 Å². The van der Waals surface area contributed by atoms with Crippen molar-refractivity contribution in [2.45, 2.75) is 40.0 Å². The minimum atomic E-state index is -0.195. The van der Waals surface area contributed by atoms with Crippen molar-refractivity contribution < 1.29 is 9.53 Å². The smallest absolute Gasteiger partial charge is 0.311 e. The highest BCUT2D eigenvalue weighted by molar-refractivity contribution is 7.13. The minimum absolute atomic E-state index is 0.195. The van der Waals surface area contributed by atoms with Crippen LogP contribution in [0.15, 0.2) is 5.38 Å². The molecule has 0 aromatic carbocycles. The molecule has 2 heterocycles. The maximum Gasteiger partial charge on any atom is 0.311 e. The van der Waals surface area contributed by atoms with Gasteiger partial charge in [-0.05, 0) is 25.2 Å². The number of ether oxygens (including phenoxy) is 1. The van der Waals surface area contributed by atoms with Gasteiger partial charge < -0.3 is 9.64 Å². The van der Waals surface area contributed by atoms with Crippen LogP contribution in [-0.2, 0) is 16.0 Å². The fourth-order valence-corrected chi connectivity index (χ4v) is 3.07. The normalized spacial score (nSPS) is 18.4. The maximum absolute atomic E-state index is 11.4. The lowest BCUT2D eigenvalue weighted by Crippen LogP contribution is -2.37. The summed E-state index contributed by atoms with van der Waals surface area (Å²) in [7, 11) is 0. The number of esters is 1. The van der Waals surface area contributed by atoms with Crippen molar-refractivity contribution in [3.8, 4) is 0 Å². The third kappa shape index (κ3) is 3.93. The van der Waals surface area contributed by atoms with Crippen LogP contribution < -0.4 is 4.90 Å². The molecule has 0 unspecified atom stereocenters. The number of piperidine rings is 1. The molecule has 1 aromatic heterocycles. The highest BCUT2D eigenvalue weighted by Gasteiger charge is 2.26. The van der Waals surface area contributed by atoms with Gasteiger partial charge in [0, 0.05) is 18.5 Å². The maximum atomic E-state index is 11.4. The van der Waals surface area contributed by atoms with Crippen LogP contribution in [0.3, 0.4) is 0 Å². The summed E-state index contributed by atoms with van der Waals surface area (Å²) in [5.74, 6) is -0.195. The highest BCUT2D eigenvalue weighted by Crippen LogP contribution is 2.33. The van der Waals surface area contributed by atoms with E-state index in [0.29, 0.717) is 12.0 Å². The van der Waals surface area contributed by atoms with Gasteiger partial charge in [0.05, 0.1) is 18.7 Å². The first-order valence-electron chi connectivity index (χ1n) is 6.85. The van der Waals surface area contributed by atoms with Gasteiger partial charge in [-0.1, -0.05) is 13.8 Å². The molecule has 0 amide bonds. The Morgan fingerprint density at radius 1 is 1.47 bits per heavy atom.